The van der Waals surface area contributed by atoms with Crippen LogP contribution in [0.4, 0.5) is 11.6 Å². The van der Waals surface area contributed by atoms with Crippen molar-refractivity contribution in [2.45, 2.75) is 32.1 Å². The Bertz CT molecular complexity index is 1090. The lowest BCUT2D eigenvalue weighted by molar-refractivity contribution is 0.102. The topological polar surface area (TPSA) is 101 Å². The smallest absolute Gasteiger partial charge is 0.264 e. The van der Waals surface area contributed by atoms with Crippen LogP contribution in [0.5, 0.6) is 0 Å². The summed E-state index contributed by atoms with van der Waals surface area (Å²) in [5.41, 5.74) is 3.42. The monoisotopic (exact) mass is 399 g/mol. The van der Waals surface area contributed by atoms with Gasteiger partial charge in [0.05, 0.1) is 10.6 Å². The summed E-state index contributed by atoms with van der Waals surface area (Å²) in [5, 5.41) is 6.48. The second-order valence-corrected chi connectivity index (χ2v) is 8.04. The van der Waals surface area contributed by atoms with Crippen molar-refractivity contribution < 1.29 is 17.7 Å². The maximum absolute atomic E-state index is 12.5. The second kappa shape index (κ2) is 7.85. The zero-order valence-electron chi connectivity index (χ0n) is 15.8. The average Bonchev–Trinajstić information content (AvgIpc) is 3.00. The van der Waals surface area contributed by atoms with Crippen molar-refractivity contribution in [3.63, 3.8) is 0 Å². The molecule has 1 aromatic heterocycles. The molecule has 0 aliphatic rings. The van der Waals surface area contributed by atoms with Crippen LogP contribution >= 0.6 is 0 Å². The van der Waals surface area contributed by atoms with Gasteiger partial charge < -0.3 is 9.84 Å². The Balaban J connectivity index is 1.71. The number of anilines is 2. The van der Waals surface area contributed by atoms with E-state index in [0.29, 0.717) is 22.5 Å². The highest BCUT2D eigenvalue weighted by atomic mass is 32.2. The predicted octanol–water partition coefficient (Wildman–Crippen LogP) is 3.91. The molecule has 3 rings (SSSR count). The van der Waals surface area contributed by atoms with E-state index in [1.165, 1.54) is 24.3 Å². The van der Waals surface area contributed by atoms with Crippen LogP contribution in [0.15, 0.2) is 57.9 Å². The summed E-state index contributed by atoms with van der Waals surface area (Å²) in [6, 6.07) is 13.2. The number of aromatic nitrogens is 1. The Kier molecular flexibility index (Phi) is 5.51. The summed E-state index contributed by atoms with van der Waals surface area (Å²) >= 11 is 0. The molecule has 0 fully saturated rings. The molecule has 0 radical (unpaired) electrons. The third-order valence-electron chi connectivity index (χ3n) is 4.43. The van der Waals surface area contributed by atoms with Gasteiger partial charge in [-0.25, -0.2) is 13.1 Å². The number of carbonyl (C=O) groups excluding carboxylic acids is 1. The zero-order chi connectivity index (χ0) is 20.3. The highest BCUT2D eigenvalue weighted by molar-refractivity contribution is 7.92. The number of hydrogen-bond donors (Lipinski definition) is 2. The maximum atomic E-state index is 12.5. The van der Waals surface area contributed by atoms with Crippen molar-refractivity contribution in [2.75, 3.05) is 10.0 Å². The van der Waals surface area contributed by atoms with Crippen molar-refractivity contribution >= 4 is 27.5 Å². The van der Waals surface area contributed by atoms with Crippen LogP contribution in [0.2, 0.25) is 0 Å². The molecule has 1 heterocycles. The van der Waals surface area contributed by atoms with Crippen LogP contribution in [0.1, 0.15) is 34.1 Å². The van der Waals surface area contributed by atoms with E-state index in [2.05, 4.69) is 15.2 Å². The van der Waals surface area contributed by atoms with Gasteiger partial charge in [0.15, 0.2) is 0 Å². The number of benzene rings is 2. The number of nitrogens with zero attached hydrogens (tertiary/aromatic N) is 1. The molecule has 1 amide bonds. The van der Waals surface area contributed by atoms with E-state index < -0.39 is 10.0 Å². The number of aryl methyl sites for hydroxylation is 2. The molecule has 146 valence electrons. The summed E-state index contributed by atoms with van der Waals surface area (Å²) in [5.74, 6) is -0.172. The number of amides is 1. The molecule has 0 aliphatic carbocycles. The quantitative estimate of drug-likeness (QED) is 0.654. The molecule has 0 unspecified atom stereocenters. The van der Waals surface area contributed by atoms with Crippen molar-refractivity contribution in [1.82, 2.24) is 5.16 Å². The lowest BCUT2D eigenvalue weighted by Crippen LogP contribution is -2.14. The first-order valence-electron chi connectivity index (χ1n) is 8.76. The summed E-state index contributed by atoms with van der Waals surface area (Å²) in [6.07, 6.45) is 0.902. The minimum absolute atomic E-state index is 0.0475. The van der Waals surface area contributed by atoms with Crippen LogP contribution in [-0.2, 0) is 16.4 Å². The number of carbonyl (C=O) groups is 1. The van der Waals surface area contributed by atoms with Gasteiger partial charge in [0, 0.05) is 16.8 Å². The molecular formula is C20H21N3O4S. The molecular weight excluding hydrogens is 378 g/mol. The first-order chi connectivity index (χ1) is 13.3. The molecule has 0 bridgehead atoms. The first-order valence-corrected chi connectivity index (χ1v) is 10.2. The molecule has 0 atom stereocenters. The van der Waals surface area contributed by atoms with E-state index >= 15 is 0 Å². The van der Waals surface area contributed by atoms with E-state index in [4.69, 9.17) is 4.52 Å². The van der Waals surface area contributed by atoms with Crippen LogP contribution in [-0.4, -0.2) is 19.5 Å². The molecule has 2 aromatic carbocycles. The molecule has 0 saturated heterocycles. The fourth-order valence-corrected chi connectivity index (χ4v) is 3.55. The van der Waals surface area contributed by atoms with Gasteiger partial charge in [0.1, 0.15) is 0 Å². The number of hydrogen-bond acceptors (Lipinski definition) is 5. The summed E-state index contributed by atoms with van der Waals surface area (Å²) in [4.78, 5) is 12.4. The van der Waals surface area contributed by atoms with Crippen molar-refractivity contribution in [3.8, 4) is 0 Å². The fraction of sp³-hybridized carbons (Fsp3) is 0.200. The van der Waals surface area contributed by atoms with Crippen LogP contribution in [0.3, 0.4) is 0 Å². The molecule has 28 heavy (non-hydrogen) atoms. The van der Waals surface area contributed by atoms with Gasteiger partial charge in [0.25, 0.3) is 15.9 Å². The van der Waals surface area contributed by atoms with Gasteiger partial charge >= 0.3 is 0 Å². The largest absolute Gasteiger partial charge is 0.337 e. The van der Waals surface area contributed by atoms with Gasteiger partial charge in [-0.1, -0.05) is 24.2 Å². The maximum Gasteiger partial charge on any atom is 0.264 e. The molecule has 2 N–H and O–H groups in total. The van der Waals surface area contributed by atoms with Crippen LogP contribution in [0, 0.1) is 13.8 Å². The van der Waals surface area contributed by atoms with Crippen LogP contribution < -0.4 is 10.0 Å². The SMILES string of the molecule is CCc1ccc(C(=O)Nc2ccc(S(=O)(=O)Nc3onc(C)c3C)cc2)cc1. The molecule has 0 saturated carbocycles. The molecule has 7 nitrogen and oxygen atoms in total. The van der Waals surface area contributed by atoms with Crippen LogP contribution in [0.25, 0.3) is 0 Å². The lowest BCUT2D eigenvalue weighted by atomic mass is 10.1. The van der Waals surface area contributed by atoms with Crippen molar-refractivity contribution in [3.05, 3.63) is 70.9 Å². The van der Waals surface area contributed by atoms with Gasteiger partial charge in [-0.15, -0.1) is 0 Å². The third kappa shape index (κ3) is 4.23. The predicted molar refractivity (Wildman–Crippen MR) is 107 cm³/mol. The lowest BCUT2D eigenvalue weighted by Gasteiger charge is -2.08. The Labute approximate surface area is 163 Å². The second-order valence-electron chi connectivity index (χ2n) is 6.36. The minimum Gasteiger partial charge on any atom is -0.337 e. The normalized spacial score (nSPS) is 11.2. The Morgan fingerprint density at radius 3 is 2.21 bits per heavy atom. The zero-order valence-corrected chi connectivity index (χ0v) is 16.6. The van der Waals surface area contributed by atoms with Gasteiger partial charge in [0.2, 0.25) is 5.88 Å². The summed E-state index contributed by atoms with van der Waals surface area (Å²) in [7, 11) is -3.82. The van der Waals surface area contributed by atoms with E-state index in [-0.39, 0.29) is 16.7 Å². The number of rotatable bonds is 6. The van der Waals surface area contributed by atoms with Crippen molar-refractivity contribution in [2.24, 2.45) is 0 Å². The highest BCUT2D eigenvalue weighted by Gasteiger charge is 2.19. The Morgan fingerprint density at radius 1 is 1.04 bits per heavy atom. The molecule has 8 heteroatoms. The average molecular weight is 399 g/mol. The number of nitrogens with one attached hydrogen (secondary N) is 2. The first kappa shape index (κ1) is 19.6. The van der Waals surface area contributed by atoms with Gasteiger partial charge in [-0.05, 0) is 62.2 Å². The summed E-state index contributed by atoms with van der Waals surface area (Å²) in [6.45, 7) is 5.49. The highest BCUT2D eigenvalue weighted by Crippen LogP contribution is 2.22. The molecule has 0 spiro atoms. The van der Waals surface area contributed by atoms with E-state index in [1.807, 2.05) is 19.1 Å². The standard InChI is InChI=1S/C20H21N3O4S/c1-4-15-5-7-16(8-6-15)19(24)21-17-9-11-18(12-10-17)28(25,26)23-20-13(2)14(3)22-27-20/h5-12,23H,4H2,1-3H3,(H,21,24). The van der Waals surface area contributed by atoms with E-state index in [0.717, 1.165) is 12.0 Å². The van der Waals surface area contributed by atoms with E-state index in [1.54, 1.807) is 26.0 Å². The summed E-state index contributed by atoms with van der Waals surface area (Å²) < 4.78 is 32.4. The third-order valence-corrected chi connectivity index (χ3v) is 5.78. The van der Waals surface area contributed by atoms with Gasteiger partial charge in [-0.3, -0.25) is 4.79 Å². The molecule has 3 aromatic rings. The minimum atomic E-state index is -3.82. The van der Waals surface area contributed by atoms with E-state index in [9.17, 15) is 13.2 Å². The Morgan fingerprint density at radius 2 is 1.68 bits per heavy atom. The van der Waals surface area contributed by atoms with Crippen molar-refractivity contribution in [1.29, 1.82) is 0 Å². The fourth-order valence-electron chi connectivity index (χ4n) is 2.50. The Hall–Kier alpha value is -3.13. The molecule has 0 aliphatic heterocycles. The van der Waals surface area contributed by atoms with Gasteiger partial charge in [-0.2, -0.15) is 0 Å². The number of sulfonamides is 1.